The van der Waals surface area contributed by atoms with Gasteiger partial charge in [0.05, 0.1) is 11.1 Å². The standard InChI is InChI=1S/C20H22ClFN4O/c1-14-2-5-19(23-13-14)25-10-8-24(9-11-25)18-6-7-26(20(18)27)15-3-4-16(21)17(22)12-15/h2-5,12-13,18H,6-11H2,1H3. The number of piperazine rings is 1. The number of carbonyl (C=O) groups excluding carboxylic acids is 1. The minimum Gasteiger partial charge on any atom is -0.354 e. The van der Waals surface area contributed by atoms with E-state index >= 15 is 0 Å². The number of aryl methyl sites for hydroxylation is 1. The van der Waals surface area contributed by atoms with Crippen molar-refractivity contribution in [3.8, 4) is 0 Å². The topological polar surface area (TPSA) is 39.7 Å². The van der Waals surface area contributed by atoms with Gasteiger partial charge in [0.1, 0.15) is 11.6 Å². The number of benzene rings is 1. The molecule has 0 N–H and O–H groups in total. The number of carbonyl (C=O) groups is 1. The lowest BCUT2D eigenvalue weighted by Gasteiger charge is -2.37. The van der Waals surface area contributed by atoms with Gasteiger partial charge in [-0.15, -0.1) is 0 Å². The molecule has 2 saturated heterocycles. The van der Waals surface area contributed by atoms with E-state index in [1.807, 2.05) is 19.2 Å². The van der Waals surface area contributed by atoms with Crippen molar-refractivity contribution in [2.75, 3.05) is 42.5 Å². The first-order chi connectivity index (χ1) is 13.0. The lowest BCUT2D eigenvalue weighted by molar-refractivity contribution is -0.121. The van der Waals surface area contributed by atoms with Gasteiger partial charge in [-0.05, 0) is 43.2 Å². The van der Waals surface area contributed by atoms with Crippen LogP contribution in [0, 0.1) is 12.7 Å². The van der Waals surface area contributed by atoms with Crippen molar-refractivity contribution in [3.05, 3.63) is 52.9 Å². The maximum atomic E-state index is 13.7. The number of aromatic nitrogens is 1. The minimum atomic E-state index is -0.496. The van der Waals surface area contributed by atoms with E-state index in [1.165, 1.54) is 12.1 Å². The van der Waals surface area contributed by atoms with Crippen LogP contribution in [-0.4, -0.2) is 54.6 Å². The van der Waals surface area contributed by atoms with Crippen LogP contribution in [0.2, 0.25) is 5.02 Å². The Morgan fingerprint density at radius 2 is 1.89 bits per heavy atom. The molecule has 2 aliphatic rings. The molecule has 1 aromatic carbocycles. The van der Waals surface area contributed by atoms with E-state index in [-0.39, 0.29) is 17.0 Å². The predicted molar refractivity (Wildman–Crippen MR) is 105 cm³/mol. The molecule has 1 aromatic heterocycles. The number of rotatable bonds is 3. The van der Waals surface area contributed by atoms with Crippen LogP contribution in [0.5, 0.6) is 0 Å². The summed E-state index contributed by atoms with van der Waals surface area (Å²) in [4.78, 5) is 23.5. The normalized spacial score (nSPS) is 21.1. The summed E-state index contributed by atoms with van der Waals surface area (Å²) in [5.41, 5.74) is 1.72. The molecule has 27 heavy (non-hydrogen) atoms. The molecule has 7 heteroatoms. The number of hydrogen-bond donors (Lipinski definition) is 0. The molecular weight excluding hydrogens is 367 g/mol. The Morgan fingerprint density at radius 3 is 2.56 bits per heavy atom. The number of hydrogen-bond acceptors (Lipinski definition) is 4. The molecule has 142 valence electrons. The fourth-order valence-electron chi connectivity index (χ4n) is 3.82. The Hall–Kier alpha value is -2.18. The highest BCUT2D eigenvalue weighted by molar-refractivity contribution is 6.30. The molecule has 0 bridgehead atoms. The highest BCUT2D eigenvalue weighted by Gasteiger charge is 2.38. The van der Waals surface area contributed by atoms with Crippen LogP contribution >= 0.6 is 11.6 Å². The first-order valence-corrected chi connectivity index (χ1v) is 9.59. The summed E-state index contributed by atoms with van der Waals surface area (Å²) in [5.74, 6) is 0.527. The molecule has 1 atom stereocenters. The van der Waals surface area contributed by atoms with Crippen LogP contribution in [0.15, 0.2) is 36.5 Å². The lowest BCUT2D eigenvalue weighted by atomic mass is 10.1. The van der Waals surface area contributed by atoms with Crippen LogP contribution in [0.4, 0.5) is 15.9 Å². The van der Waals surface area contributed by atoms with Crippen molar-refractivity contribution in [2.24, 2.45) is 0 Å². The third-order valence-electron chi connectivity index (χ3n) is 5.37. The number of amides is 1. The van der Waals surface area contributed by atoms with E-state index in [9.17, 15) is 9.18 Å². The lowest BCUT2D eigenvalue weighted by Crippen LogP contribution is -2.52. The van der Waals surface area contributed by atoms with Gasteiger partial charge in [0.25, 0.3) is 0 Å². The van der Waals surface area contributed by atoms with E-state index in [2.05, 4.69) is 20.9 Å². The third-order valence-corrected chi connectivity index (χ3v) is 5.67. The molecule has 2 fully saturated rings. The predicted octanol–water partition coefficient (Wildman–Crippen LogP) is 3.11. The molecular formula is C20H22ClFN4O. The molecule has 0 saturated carbocycles. The molecule has 1 amide bonds. The fraction of sp³-hybridized carbons (Fsp3) is 0.400. The first-order valence-electron chi connectivity index (χ1n) is 9.21. The van der Waals surface area contributed by atoms with E-state index in [0.717, 1.165) is 44.0 Å². The van der Waals surface area contributed by atoms with E-state index in [4.69, 9.17) is 11.6 Å². The van der Waals surface area contributed by atoms with E-state index in [1.54, 1.807) is 11.0 Å². The largest absolute Gasteiger partial charge is 0.354 e. The maximum absolute atomic E-state index is 13.7. The van der Waals surface area contributed by atoms with Crippen LogP contribution < -0.4 is 9.80 Å². The van der Waals surface area contributed by atoms with Gasteiger partial charge >= 0.3 is 0 Å². The summed E-state index contributed by atoms with van der Waals surface area (Å²) in [6.45, 7) is 5.94. The smallest absolute Gasteiger partial charge is 0.244 e. The summed E-state index contributed by atoms with van der Waals surface area (Å²) in [5, 5.41) is 0.0720. The number of anilines is 2. The van der Waals surface area contributed by atoms with E-state index in [0.29, 0.717) is 12.2 Å². The Bertz CT molecular complexity index is 836. The zero-order chi connectivity index (χ0) is 19.0. The molecule has 1 unspecified atom stereocenters. The van der Waals surface area contributed by atoms with Gasteiger partial charge < -0.3 is 9.80 Å². The second kappa shape index (κ2) is 7.44. The molecule has 2 aromatic rings. The van der Waals surface area contributed by atoms with Gasteiger partial charge in [0.15, 0.2) is 0 Å². The fourth-order valence-corrected chi connectivity index (χ4v) is 3.94. The van der Waals surface area contributed by atoms with Gasteiger partial charge in [-0.25, -0.2) is 9.37 Å². The average molecular weight is 389 g/mol. The monoisotopic (exact) mass is 388 g/mol. The zero-order valence-electron chi connectivity index (χ0n) is 15.2. The zero-order valence-corrected chi connectivity index (χ0v) is 16.0. The van der Waals surface area contributed by atoms with Crippen LogP contribution in [-0.2, 0) is 4.79 Å². The molecule has 0 aliphatic carbocycles. The number of nitrogens with zero attached hydrogens (tertiary/aromatic N) is 4. The molecule has 2 aliphatic heterocycles. The second-order valence-electron chi connectivity index (χ2n) is 7.11. The van der Waals surface area contributed by atoms with Gasteiger partial charge in [0, 0.05) is 44.6 Å². The van der Waals surface area contributed by atoms with Crippen LogP contribution in [0.1, 0.15) is 12.0 Å². The maximum Gasteiger partial charge on any atom is 0.244 e. The van der Waals surface area contributed by atoms with E-state index < -0.39 is 5.82 Å². The van der Waals surface area contributed by atoms with Crippen molar-refractivity contribution in [1.82, 2.24) is 9.88 Å². The average Bonchev–Trinajstić information content (AvgIpc) is 3.06. The molecule has 0 radical (unpaired) electrons. The van der Waals surface area contributed by atoms with Crippen molar-refractivity contribution in [3.63, 3.8) is 0 Å². The van der Waals surface area contributed by atoms with Crippen molar-refractivity contribution < 1.29 is 9.18 Å². The van der Waals surface area contributed by atoms with Gasteiger partial charge in [-0.3, -0.25) is 9.69 Å². The molecule has 0 spiro atoms. The molecule has 3 heterocycles. The summed E-state index contributed by atoms with van der Waals surface area (Å²) >= 11 is 5.75. The van der Waals surface area contributed by atoms with Crippen molar-refractivity contribution in [2.45, 2.75) is 19.4 Å². The number of halogens is 2. The summed E-state index contributed by atoms with van der Waals surface area (Å²) < 4.78 is 13.7. The molecule has 5 nitrogen and oxygen atoms in total. The molecule has 4 rings (SSSR count). The third kappa shape index (κ3) is 3.64. The van der Waals surface area contributed by atoms with Crippen molar-refractivity contribution >= 4 is 29.0 Å². The Balaban J connectivity index is 1.39. The van der Waals surface area contributed by atoms with Gasteiger partial charge in [0.2, 0.25) is 5.91 Å². The number of pyridine rings is 1. The Labute approximate surface area is 163 Å². The van der Waals surface area contributed by atoms with Crippen molar-refractivity contribution in [1.29, 1.82) is 0 Å². The Kier molecular flexibility index (Phi) is 5.02. The van der Waals surface area contributed by atoms with Gasteiger partial charge in [-0.2, -0.15) is 0 Å². The quantitative estimate of drug-likeness (QED) is 0.810. The van der Waals surface area contributed by atoms with Gasteiger partial charge in [-0.1, -0.05) is 17.7 Å². The summed E-state index contributed by atoms with van der Waals surface area (Å²) in [7, 11) is 0. The van der Waals surface area contributed by atoms with Crippen LogP contribution in [0.3, 0.4) is 0 Å². The SMILES string of the molecule is Cc1ccc(N2CCN(C3CCN(c4ccc(Cl)c(F)c4)C3=O)CC2)nc1. The second-order valence-corrected chi connectivity index (χ2v) is 7.52. The first kappa shape index (κ1) is 18.2. The summed E-state index contributed by atoms with van der Waals surface area (Å²) in [6.07, 6.45) is 2.64. The highest BCUT2D eigenvalue weighted by Crippen LogP contribution is 2.28. The minimum absolute atomic E-state index is 0.0404. The summed E-state index contributed by atoms with van der Waals surface area (Å²) in [6, 6.07) is 8.51. The van der Waals surface area contributed by atoms with Crippen LogP contribution in [0.25, 0.3) is 0 Å². The highest BCUT2D eigenvalue weighted by atomic mass is 35.5. The Morgan fingerprint density at radius 1 is 1.11 bits per heavy atom.